The second kappa shape index (κ2) is 7.68. The molecule has 0 spiro atoms. The van der Waals surface area contributed by atoms with Gasteiger partial charge in [-0.25, -0.2) is 0 Å². The normalized spacial score (nSPS) is 17.5. The lowest BCUT2D eigenvalue weighted by atomic mass is 9.99. The zero-order valence-electron chi connectivity index (χ0n) is 16.2. The zero-order valence-corrected chi connectivity index (χ0v) is 16.2. The fourth-order valence-corrected chi connectivity index (χ4v) is 3.16. The molecule has 1 aliphatic heterocycles. The number of rotatable bonds is 5. The highest BCUT2D eigenvalue weighted by Crippen LogP contribution is 2.23. The molecule has 2 heterocycles. The van der Waals surface area contributed by atoms with E-state index in [0.29, 0.717) is 18.2 Å². The lowest BCUT2D eigenvalue weighted by Gasteiger charge is -2.30. The minimum Gasteiger partial charge on any atom is -0.349 e. The summed E-state index contributed by atoms with van der Waals surface area (Å²) in [6.07, 6.45) is 2.53. The van der Waals surface area contributed by atoms with Crippen molar-refractivity contribution in [1.29, 1.82) is 0 Å². The third-order valence-electron chi connectivity index (χ3n) is 4.79. The Morgan fingerprint density at radius 2 is 1.96 bits per heavy atom. The first-order valence-corrected chi connectivity index (χ1v) is 9.29. The van der Waals surface area contributed by atoms with Crippen molar-refractivity contribution in [2.45, 2.75) is 65.8 Å². The van der Waals surface area contributed by atoms with E-state index in [9.17, 15) is 4.79 Å². The van der Waals surface area contributed by atoms with Crippen molar-refractivity contribution in [3.05, 3.63) is 17.5 Å². The molecule has 0 saturated carbocycles. The maximum absolute atomic E-state index is 12.4. The lowest BCUT2D eigenvalue weighted by Crippen LogP contribution is -2.39. The topological polar surface area (TPSA) is 50.2 Å². The minimum absolute atomic E-state index is 0.0646. The number of hydrogen-bond acceptors (Lipinski definition) is 3. The molecule has 0 unspecified atom stereocenters. The molecule has 0 atom stereocenters. The number of piperidine rings is 1. The highest BCUT2D eigenvalue weighted by atomic mass is 16.1. The summed E-state index contributed by atoms with van der Waals surface area (Å²) in [5.74, 6) is 1.12. The van der Waals surface area contributed by atoms with E-state index in [1.165, 1.54) is 12.8 Å². The standard InChI is InChI=1S/C19H34N4O/c1-14(2)17-13-16(21-23(17)19(4,5)6)18(24)20-9-12-22-10-7-15(3)8-11-22/h13-15H,7-12H2,1-6H3,(H,20,24). The van der Waals surface area contributed by atoms with Gasteiger partial charge in [0.15, 0.2) is 0 Å². The first kappa shape index (κ1) is 19.0. The number of aromatic nitrogens is 2. The van der Waals surface area contributed by atoms with Crippen molar-refractivity contribution in [3.63, 3.8) is 0 Å². The summed E-state index contributed by atoms with van der Waals surface area (Å²) in [5, 5.41) is 7.60. The van der Waals surface area contributed by atoms with Crippen LogP contribution < -0.4 is 5.32 Å². The van der Waals surface area contributed by atoms with E-state index in [2.05, 4.69) is 56.9 Å². The minimum atomic E-state index is -0.122. The fraction of sp³-hybridized carbons (Fsp3) is 0.789. The molecule has 0 aliphatic carbocycles. The van der Waals surface area contributed by atoms with Gasteiger partial charge in [-0.05, 0) is 64.6 Å². The predicted octanol–water partition coefficient (Wildman–Crippen LogP) is 3.22. The molecule has 0 radical (unpaired) electrons. The van der Waals surface area contributed by atoms with Gasteiger partial charge in [0, 0.05) is 18.8 Å². The van der Waals surface area contributed by atoms with Crippen LogP contribution in [0.1, 0.15) is 76.5 Å². The second-order valence-corrected chi connectivity index (χ2v) is 8.47. The van der Waals surface area contributed by atoms with Crippen LogP contribution in [0.2, 0.25) is 0 Å². The van der Waals surface area contributed by atoms with Crippen LogP contribution in [0, 0.1) is 5.92 Å². The number of amides is 1. The first-order valence-electron chi connectivity index (χ1n) is 9.29. The molecule has 1 fully saturated rings. The molecule has 2 rings (SSSR count). The molecular formula is C19H34N4O. The molecule has 1 aromatic heterocycles. The summed E-state index contributed by atoms with van der Waals surface area (Å²) < 4.78 is 1.98. The summed E-state index contributed by atoms with van der Waals surface area (Å²) >= 11 is 0. The van der Waals surface area contributed by atoms with E-state index in [-0.39, 0.29) is 11.4 Å². The maximum Gasteiger partial charge on any atom is 0.271 e. The van der Waals surface area contributed by atoms with Gasteiger partial charge in [-0.1, -0.05) is 20.8 Å². The van der Waals surface area contributed by atoms with E-state index in [1.54, 1.807) is 0 Å². The SMILES string of the molecule is CC1CCN(CCNC(=O)c2cc(C(C)C)n(C(C)(C)C)n2)CC1. The average molecular weight is 335 g/mol. The van der Waals surface area contributed by atoms with Crippen LogP contribution in [0.4, 0.5) is 0 Å². The van der Waals surface area contributed by atoms with Crippen LogP contribution in [0.5, 0.6) is 0 Å². The summed E-state index contributed by atoms with van der Waals surface area (Å²) in [4.78, 5) is 14.9. The highest BCUT2D eigenvalue weighted by molar-refractivity contribution is 5.92. The molecule has 1 aromatic rings. The lowest BCUT2D eigenvalue weighted by molar-refractivity contribution is 0.0938. The van der Waals surface area contributed by atoms with Gasteiger partial charge in [0.1, 0.15) is 5.69 Å². The highest BCUT2D eigenvalue weighted by Gasteiger charge is 2.23. The van der Waals surface area contributed by atoms with Crippen molar-refractivity contribution in [1.82, 2.24) is 20.0 Å². The molecular weight excluding hydrogens is 300 g/mol. The van der Waals surface area contributed by atoms with Crippen molar-refractivity contribution >= 4 is 5.91 Å². The zero-order chi connectivity index (χ0) is 17.9. The molecule has 0 aromatic carbocycles. The van der Waals surface area contributed by atoms with Crippen LogP contribution in [-0.4, -0.2) is 46.8 Å². The Balaban J connectivity index is 1.92. The predicted molar refractivity (Wildman–Crippen MR) is 98.5 cm³/mol. The monoisotopic (exact) mass is 334 g/mol. The van der Waals surface area contributed by atoms with E-state index in [1.807, 2.05) is 10.7 Å². The molecule has 1 aliphatic rings. The van der Waals surface area contributed by atoms with Crippen molar-refractivity contribution in [2.75, 3.05) is 26.2 Å². The number of likely N-dealkylation sites (tertiary alicyclic amines) is 1. The summed E-state index contributed by atoms with van der Waals surface area (Å²) in [5.41, 5.74) is 1.52. The Morgan fingerprint density at radius 1 is 1.33 bits per heavy atom. The first-order chi connectivity index (χ1) is 11.2. The van der Waals surface area contributed by atoms with Crippen LogP contribution in [0.25, 0.3) is 0 Å². The fourth-order valence-electron chi connectivity index (χ4n) is 3.16. The molecule has 5 nitrogen and oxygen atoms in total. The molecule has 1 saturated heterocycles. The van der Waals surface area contributed by atoms with Crippen LogP contribution in [-0.2, 0) is 5.54 Å². The third-order valence-corrected chi connectivity index (χ3v) is 4.79. The van der Waals surface area contributed by atoms with Crippen molar-refractivity contribution in [2.24, 2.45) is 5.92 Å². The smallest absolute Gasteiger partial charge is 0.271 e. The van der Waals surface area contributed by atoms with Gasteiger partial charge in [-0.2, -0.15) is 5.10 Å². The van der Waals surface area contributed by atoms with E-state index >= 15 is 0 Å². The second-order valence-electron chi connectivity index (χ2n) is 8.47. The molecule has 1 amide bonds. The van der Waals surface area contributed by atoms with Gasteiger partial charge >= 0.3 is 0 Å². The Morgan fingerprint density at radius 3 is 2.46 bits per heavy atom. The Kier molecular flexibility index (Phi) is 6.07. The molecule has 24 heavy (non-hydrogen) atoms. The Labute approximate surface area is 146 Å². The van der Waals surface area contributed by atoms with Crippen LogP contribution in [0.3, 0.4) is 0 Å². The molecule has 5 heteroatoms. The van der Waals surface area contributed by atoms with E-state index in [4.69, 9.17) is 0 Å². The maximum atomic E-state index is 12.4. The largest absolute Gasteiger partial charge is 0.349 e. The quantitative estimate of drug-likeness (QED) is 0.899. The number of carbonyl (C=O) groups is 1. The third kappa shape index (κ3) is 4.82. The van der Waals surface area contributed by atoms with Crippen LogP contribution >= 0.6 is 0 Å². The summed E-state index contributed by atoms with van der Waals surface area (Å²) in [7, 11) is 0. The average Bonchev–Trinajstić information content (AvgIpc) is 2.95. The molecule has 136 valence electrons. The van der Waals surface area contributed by atoms with Gasteiger partial charge < -0.3 is 10.2 Å². The van der Waals surface area contributed by atoms with Gasteiger partial charge in [0.25, 0.3) is 5.91 Å². The Bertz CT molecular complexity index is 548. The van der Waals surface area contributed by atoms with Gasteiger partial charge in [-0.3, -0.25) is 9.48 Å². The van der Waals surface area contributed by atoms with E-state index < -0.39 is 0 Å². The van der Waals surface area contributed by atoms with Gasteiger partial charge in [0.05, 0.1) is 5.54 Å². The summed E-state index contributed by atoms with van der Waals surface area (Å²) in [6, 6.07) is 1.94. The van der Waals surface area contributed by atoms with Gasteiger partial charge in [-0.15, -0.1) is 0 Å². The molecule has 1 N–H and O–H groups in total. The number of hydrogen-bond donors (Lipinski definition) is 1. The summed E-state index contributed by atoms with van der Waals surface area (Å²) in [6.45, 7) is 16.8. The van der Waals surface area contributed by atoms with Crippen molar-refractivity contribution < 1.29 is 4.79 Å². The van der Waals surface area contributed by atoms with Gasteiger partial charge in [0.2, 0.25) is 0 Å². The van der Waals surface area contributed by atoms with E-state index in [0.717, 1.165) is 31.2 Å². The number of nitrogens with one attached hydrogen (secondary N) is 1. The van der Waals surface area contributed by atoms with Crippen LogP contribution in [0.15, 0.2) is 6.07 Å². The number of nitrogens with zero attached hydrogens (tertiary/aromatic N) is 3. The number of carbonyl (C=O) groups excluding carboxylic acids is 1. The van der Waals surface area contributed by atoms with Crippen molar-refractivity contribution in [3.8, 4) is 0 Å². The molecule has 0 bridgehead atoms. The Hall–Kier alpha value is -1.36.